The van der Waals surface area contributed by atoms with Crippen molar-refractivity contribution in [3.63, 3.8) is 0 Å². The molecule has 0 unspecified atom stereocenters. The summed E-state index contributed by atoms with van der Waals surface area (Å²) in [6, 6.07) is 38.3. The number of esters is 3. The highest BCUT2D eigenvalue weighted by molar-refractivity contribution is 5.67. The van der Waals surface area contributed by atoms with Crippen LogP contribution in [0.4, 0.5) is 0 Å². The molecule has 0 aliphatic carbocycles. The first-order chi connectivity index (χ1) is 22.8. The first-order valence-corrected chi connectivity index (χ1v) is 15.4. The topological polar surface area (TPSA) is 107 Å². The van der Waals surface area contributed by atoms with Gasteiger partial charge in [-0.2, -0.15) is 0 Å². The number of benzene rings is 4. The van der Waals surface area contributed by atoms with Crippen molar-refractivity contribution in [2.45, 2.75) is 63.7 Å². The smallest absolute Gasteiger partial charge is 0.303 e. The first kappa shape index (κ1) is 33.5. The highest BCUT2D eigenvalue weighted by Crippen LogP contribution is 2.44. The van der Waals surface area contributed by atoms with E-state index in [-0.39, 0.29) is 13.2 Å². The molecule has 4 aromatic carbocycles. The molecule has 1 aliphatic heterocycles. The van der Waals surface area contributed by atoms with Crippen LogP contribution >= 0.6 is 0 Å². The van der Waals surface area contributed by atoms with Crippen molar-refractivity contribution < 1.29 is 42.8 Å². The zero-order valence-corrected chi connectivity index (χ0v) is 26.5. The van der Waals surface area contributed by atoms with Gasteiger partial charge in [-0.1, -0.05) is 121 Å². The molecule has 0 amide bonds. The fourth-order valence-electron chi connectivity index (χ4n) is 5.81. The number of hydrogen-bond donors (Lipinski definition) is 0. The predicted octanol–water partition coefficient (Wildman–Crippen LogP) is 5.73. The zero-order chi connectivity index (χ0) is 33.2. The Hall–Kier alpha value is -4.83. The van der Waals surface area contributed by atoms with E-state index in [0.29, 0.717) is 0 Å². The Morgan fingerprint density at radius 2 is 1.04 bits per heavy atom. The Morgan fingerprint density at radius 1 is 0.596 bits per heavy atom. The molecule has 0 spiro atoms. The third-order valence-electron chi connectivity index (χ3n) is 7.76. The maximum atomic E-state index is 12.7. The molecule has 0 radical (unpaired) electrons. The Labute approximate surface area is 274 Å². The summed E-state index contributed by atoms with van der Waals surface area (Å²) in [5, 5.41) is 0. The van der Waals surface area contributed by atoms with Crippen molar-refractivity contribution in [2.75, 3.05) is 6.61 Å². The van der Waals surface area contributed by atoms with Crippen LogP contribution in [0.15, 0.2) is 121 Å². The molecular weight excluding hydrogens is 600 g/mol. The van der Waals surface area contributed by atoms with Gasteiger partial charge in [0.2, 0.25) is 0 Å². The van der Waals surface area contributed by atoms with Gasteiger partial charge >= 0.3 is 17.9 Å². The molecule has 9 nitrogen and oxygen atoms in total. The van der Waals surface area contributed by atoms with Gasteiger partial charge in [0.1, 0.15) is 24.4 Å². The minimum Gasteiger partial charge on any atom is -0.463 e. The summed E-state index contributed by atoms with van der Waals surface area (Å²) < 4.78 is 37.1. The highest BCUT2D eigenvalue weighted by atomic mass is 16.7. The van der Waals surface area contributed by atoms with Gasteiger partial charge in [0.25, 0.3) is 0 Å². The minimum absolute atomic E-state index is 0.107. The van der Waals surface area contributed by atoms with Crippen molar-refractivity contribution in [1.29, 1.82) is 0 Å². The Kier molecular flexibility index (Phi) is 11.2. The molecule has 47 heavy (non-hydrogen) atoms. The molecule has 1 heterocycles. The molecule has 1 aliphatic rings. The molecule has 244 valence electrons. The molecule has 0 saturated carbocycles. The van der Waals surface area contributed by atoms with Gasteiger partial charge in [0.05, 0.1) is 6.61 Å². The lowest BCUT2D eigenvalue weighted by atomic mass is 9.79. The Morgan fingerprint density at radius 3 is 1.49 bits per heavy atom. The summed E-state index contributed by atoms with van der Waals surface area (Å²) >= 11 is 0. The van der Waals surface area contributed by atoms with E-state index in [1.807, 2.05) is 121 Å². The lowest BCUT2D eigenvalue weighted by Gasteiger charge is -2.48. The molecule has 5 rings (SSSR count). The van der Waals surface area contributed by atoms with E-state index in [9.17, 15) is 14.4 Å². The van der Waals surface area contributed by atoms with E-state index < -0.39 is 54.2 Å². The van der Waals surface area contributed by atoms with Crippen molar-refractivity contribution in [2.24, 2.45) is 0 Å². The predicted molar refractivity (Wildman–Crippen MR) is 172 cm³/mol. The van der Waals surface area contributed by atoms with Crippen LogP contribution in [0.2, 0.25) is 0 Å². The SMILES string of the molecule is CC(=O)OC[C@H]1O[C@@H](OCc2ccccc2)[C@H](OC(C)=O)[C@@H](OC(c2ccccc2)(c2ccccc2)c2ccccc2)[C@H]1OC(C)=O. The summed E-state index contributed by atoms with van der Waals surface area (Å²) in [6.07, 6.45) is -5.83. The van der Waals surface area contributed by atoms with Crippen molar-refractivity contribution in [3.05, 3.63) is 144 Å². The van der Waals surface area contributed by atoms with Crippen LogP contribution in [0.1, 0.15) is 43.0 Å². The zero-order valence-electron chi connectivity index (χ0n) is 26.5. The van der Waals surface area contributed by atoms with Crippen molar-refractivity contribution in [1.82, 2.24) is 0 Å². The number of ether oxygens (including phenoxy) is 6. The molecule has 0 aromatic heterocycles. The summed E-state index contributed by atoms with van der Waals surface area (Å²) in [5.74, 6) is -1.80. The van der Waals surface area contributed by atoms with Crippen molar-refractivity contribution in [3.8, 4) is 0 Å². The van der Waals surface area contributed by atoms with E-state index in [0.717, 1.165) is 22.3 Å². The summed E-state index contributed by atoms with van der Waals surface area (Å²) in [6.45, 7) is 3.64. The van der Waals surface area contributed by atoms with E-state index in [1.54, 1.807) is 0 Å². The quantitative estimate of drug-likeness (QED) is 0.109. The molecule has 9 heteroatoms. The van der Waals surface area contributed by atoms with Gasteiger partial charge in [-0.15, -0.1) is 0 Å². The van der Waals surface area contributed by atoms with E-state index in [2.05, 4.69) is 0 Å². The minimum atomic E-state index is -1.31. The van der Waals surface area contributed by atoms with Gasteiger partial charge in [-0.05, 0) is 22.3 Å². The molecule has 1 fully saturated rings. The van der Waals surface area contributed by atoms with Crippen LogP contribution < -0.4 is 0 Å². The second-order valence-corrected chi connectivity index (χ2v) is 11.2. The third-order valence-corrected chi connectivity index (χ3v) is 7.76. The van der Waals surface area contributed by atoms with Crippen LogP contribution in [0, 0.1) is 0 Å². The monoisotopic (exact) mass is 638 g/mol. The van der Waals surface area contributed by atoms with Crippen LogP contribution in [-0.2, 0) is 55.0 Å². The fraction of sp³-hybridized carbons (Fsp3) is 0.289. The Bertz CT molecular complexity index is 1500. The molecule has 5 atom stereocenters. The fourth-order valence-corrected chi connectivity index (χ4v) is 5.81. The van der Waals surface area contributed by atoms with Gasteiger partial charge < -0.3 is 28.4 Å². The maximum Gasteiger partial charge on any atom is 0.303 e. The second-order valence-electron chi connectivity index (χ2n) is 11.2. The normalized spacial score (nSPS) is 21.0. The largest absolute Gasteiger partial charge is 0.463 e. The van der Waals surface area contributed by atoms with Gasteiger partial charge in [0.15, 0.2) is 18.5 Å². The average Bonchev–Trinajstić information content (AvgIpc) is 3.08. The first-order valence-electron chi connectivity index (χ1n) is 15.4. The number of rotatable bonds is 12. The van der Waals surface area contributed by atoms with Crippen molar-refractivity contribution >= 4 is 17.9 Å². The van der Waals surface area contributed by atoms with Crippen LogP contribution in [-0.4, -0.2) is 55.2 Å². The van der Waals surface area contributed by atoms with Gasteiger partial charge in [-0.3, -0.25) is 14.4 Å². The Balaban J connectivity index is 1.70. The van der Waals surface area contributed by atoms with Crippen LogP contribution in [0.3, 0.4) is 0 Å². The lowest BCUT2D eigenvalue weighted by Crippen LogP contribution is -2.64. The van der Waals surface area contributed by atoms with E-state index in [1.165, 1.54) is 20.8 Å². The number of carbonyl (C=O) groups is 3. The van der Waals surface area contributed by atoms with Crippen LogP contribution in [0.25, 0.3) is 0 Å². The highest BCUT2D eigenvalue weighted by Gasteiger charge is 2.55. The molecule has 0 N–H and O–H groups in total. The number of carbonyl (C=O) groups excluding carboxylic acids is 3. The molecule has 0 bridgehead atoms. The molecule has 4 aromatic rings. The molecule has 1 saturated heterocycles. The van der Waals surface area contributed by atoms with E-state index in [4.69, 9.17) is 28.4 Å². The standard InChI is InChI=1S/C38H38O9/c1-26(39)42-25-33-34(44-27(2)40)35(36(45-28(3)41)37(46-33)43-24-29-16-8-4-9-17-29)47-38(30-18-10-5-11-19-30,31-20-12-6-13-21-31)32-22-14-7-15-23-32/h4-23,33-37H,24-25H2,1-3H3/t33-,34+,35+,36-,37-/m1/s1. The number of hydrogen-bond acceptors (Lipinski definition) is 9. The third kappa shape index (κ3) is 8.13. The summed E-state index contributed by atoms with van der Waals surface area (Å²) in [4.78, 5) is 37.3. The van der Waals surface area contributed by atoms with Crippen LogP contribution in [0.5, 0.6) is 0 Å². The summed E-state index contributed by atoms with van der Waals surface area (Å²) in [5.41, 5.74) is 1.85. The average molecular weight is 639 g/mol. The molecular formula is C38H38O9. The second kappa shape index (κ2) is 15.6. The summed E-state index contributed by atoms with van der Waals surface area (Å²) in [7, 11) is 0. The van der Waals surface area contributed by atoms with E-state index >= 15 is 0 Å². The lowest BCUT2D eigenvalue weighted by molar-refractivity contribution is -0.323. The maximum absolute atomic E-state index is 12.7. The van der Waals surface area contributed by atoms with Gasteiger partial charge in [-0.25, -0.2) is 0 Å². The van der Waals surface area contributed by atoms with Gasteiger partial charge in [0, 0.05) is 20.8 Å².